The minimum atomic E-state index is -4.77. The highest BCUT2D eigenvalue weighted by Gasteiger charge is 2.31. The van der Waals surface area contributed by atoms with E-state index in [1.165, 1.54) is 23.1 Å². The standard InChI is InChI=1S/C17H19F3N4O3S/c1-24(16(26)8-22-10-6-21-7-10)9-11(25)4-15-23-13-3-2-12(5-14(13)28-15)27-17(18,19)20/h2-3,5,10,21-22H,4,6-9H2,1H3. The molecule has 2 N–H and O–H groups in total. The van der Waals surface area contributed by atoms with E-state index in [2.05, 4.69) is 20.4 Å². The number of nitrogens with one attached hydrogen (secondary N) is 2. The van der Waals surface area contributed by atoms with Crippen LogP contribution in [0.2, 0.25) is 0 Å². The van der Waals surface area contributed by atoms with Crippen molar-refractivity contribution in [3.63, 3.8) is 0 Å². The quantitative estimate of drug-likeness (QED) is 0.676. The fraction of sp³-hybridized carbons (Fsp3) is 0.471. The maximum absolute atomic E-state index is 12.3. The third-order valence-electron chi connectivity index (χ3n) is 4.15. The second kappa shape index (κ2) is 8.41. The average Bonchev–Trinajstić information content (AvgIpc) is 2.92. The topological polar surface area (TPSA) is 83.6 Å². The Balaban J connectivity index is 1.54. The summed E-state index contributed by atoms with van der Waals surface area (Å²) in [5, 5.41) is 6.66. The first-order chi connectivity index (χ1) is 13.2. The van der Waals surface area contributed by atoms with Crippen LogP contribution in [0.3, 0.4) is 0 Å². The van der Waals surface area contributed by atoms with E-state index in [-0.39, 0.29) is 43.0 Å². The summed E-state index contributed by atoms with van der Waals surface area (Å²) in [6.45, 7) is 1.76. The number of hydrogen-bond donors (Lipinski definition) is 2. The molecule has 0 spiro atoms. The van der Waals surface area contributed by atoms with E-state index < -0.39 is 6.36 Å². The first kappa shape index (κ1) is 20.5. The summed E-state index contributed by atoms with van der Waals surface area (Å²) in [5.74, 6) is -0.716. The number of alkyl halides is 3. The zero-order valence-corrected chi connectivity index (χ0v) is 15.8. The molecule has 11 heteroatoms. The summed E-state index contributed by atoms with van der Waals surface area (Å²) in [6.07, 6.45) is -4.76. The Hall–Kier alpha value is -2.24. The van der Waals surface area contributed by atoms with Gasteiger partial charge in [-0.2, -0.15) is 0 Å². The number of hydrogen-bond acceptors (Lipinski definition) is 7. The number of amides is 1. The van der Waals surface area contributed by atoms with E-state index in [1.54, 1.807) is 7.05 Å². The van der Waals surface area contributed by atoms with Crippen LogP contribution in [0.25, 0.3) is 10.2 Å². The third-order valence-corrected chi connectivity index (χ3v) is 5.17. The Morgan fingerprint density at radius 3 is 2.79 bits per heavy atom. The molecule has 28 heavy (non-hydrogen) atoms. The third kappa shape index (κ3) is 5.63. The van der Waals surface area contributed by atoms with Gasteiger partial charge >= 0.3 is 6.36 Å². The number of thiazole rings is 1. The van der Waals surface area contributed by atoms with Crippen molar-refractivity contribution in [3.05, 3.63) is 23.2 Å². The monoisotopic (exact) mass is 416 g/mol. The normalized spacial score (nSPS) is 14.7. The molecule has 0 saturated carbocycles. The zero-order valence-electron chi connectivity index (χ0n) is 15.0. The van der Waals surface area contributed by atoms with Gasteiger partial charge in [0, 0.05) is 26.2 Å². The van der Waals surface area contributed by atoms with Gasteiger partial charge in [-0.25, -0.2) is 4.98 Å². The number of nitrogens with zero attached hydrogens (tertiary/aromatic N) is 2. The summed E-state index contributed by atoms with van der Waals surface area (Å²) in [6, 6.07) is 4.11. The van der Waals surface area contributed by atoms with Crippen molar-refractivity contribution < 1.29 is 27.5 Å². The van der Waals surface area contributed by atoms with Gasteiger partial charge in [-0.15, -0.1) is 24.5 Å². The number of halogens is 3. The van der Waals surface area contributed by atoms with Gasteiger partial charge in [-0.3, -0.25) is 9.59 Å². The Kier molecular flexibility index (Phi) is 6.16. The number of ketones is 1. The molecule has 2 aromatic rings. The lowest BCUT2D eigenvalue weighted by Crippen LogP contribution is -2.57. The number of fused-ring (bicyclic) bond motifs is 1. The predicted octanol–water partition coefficient (Wildman–Crippen LogP) is 1.33. The van der Waals surface area contributed by atoms with E-state index in [0.29, 0.717) is 15.2 Å². The molecule has 0 bridgehead atoms. The van der Waals surface area contributed by atoms with Crippen molar-refractivity contribution in [2.75, 3.05) is 33.2 Å². The molecule has 1 amide bonds. The van der Waals surface area contributed by atoms with Gasteiger partial charge in [0.1, 0.15) is 10.8 Å². The minimum Gasteiger partial charge on any atom is -0.406 e. The molecular weight excluding hydrogens is 397 g/mol. The van der Waals surface area contributed by atoms with Crippen molar-refractivity contribution >= 4 is 33.2 Å². The van der Waals surface area contributed by atoms with Gasteiger partial charge in [-0.1, -0.05) is 0 Å². The molecular formula is C17H19F3N4O3S. The van der Waals surface area contributed by atoms with E-state index in [1.807, 2.05) is 0 Å². The predicted molar refractivity (Wildman–Crippen MR) is 97.3 cm³/mol. The molecule has 7 nitrogen and oxygen atoms in total. The number of carbonyl (C=O) groups excluding carboxylic acids is 2. The Bertz CT molecular complexity index is 867. The van der Waals surface area contributed by atoms with Crippen LogP contribution in [0.5, 0.6) is 5.75 Å². The van der Waals surface area contributed by atoms with E-state index in [4.69, 9.17) is 0 Å². The Morgan fingerprint density at radius 2 is 2.14 bits per heavy atom. The number of Topliss-reactive ketones (excluding diaryl/α,β-unsaturated/α-hetero) is 1. The maximum atomic E-state index is 12.3. The number of aromatic nitrogens is 1. The fourth-order valence-electron chi connectivity index (χ4n) is 2.60. The van der Waals surface area contributed by atoms with Gasteiger partial charge in [0.25, 0.3) is 0 Å². The summed E-state index contributed by atoms with van der Waals surface area (Å²) in [5.41, 5.74) is 0.491. The van der Waals surface area contributed by atoms with Crippen LogP contribution < -0.4 is 15.4 Å². The molecule has 152 valence electrons. The highest BCUT2D eigenvalue weighted by molar-refractivity contribution is 7.18. The molecule has 1 aliphatic heterocycles. The fourth-order valence-corrected chi connectivity index (χ4v) is 3.63. The van der Waals surface area contributed by atoms with Crippen LogP contribution in [0.4, 0.5) is 13.2 Å². The van der Waals surface area contributed by atoms with E-state index in [0.717, 1.165) is 24.4 Å². The number of benzene rings is 1. The van der Waals surface area contributed by atoms with E-state index >= 15 is 0 Å². The van der Waals surface area contributed by atoms with Crippen molar-refractivity contribution in [2.24, 2.45) is 0 Å². The van der Waals surface area contributed by atoms with Crippen LogP contribution >= 0.6 is 11.3 Å². The summed E-state index contributed by atoms with van der Waals surface area (Å²) in [7, 11) is 1.56. The van der Waals surface area contributed by atoms with Gasteiger partial charge < -0.3 is 20.3 Å². The first-order valence-electron chi connectivity index (χ1n) is 8.54. The summed E-state index contributed by atoms with van der Waals surface area (Å²) >= 11 is 1.12. The molecule has 0 unspecified atom stereocenters. The van der Waals surface area contributed by atoms with Gasteiger partial charge in [0.05, 0.1) is 29.7 Å². The molecule has 1 fully saturated rings. The van der Waals surface area contributed by atoms with Crippen LogP contribution in [0.15, 0.2) is 18.2 Å². The number of carbonyl (C=O) groups is 2. The minimum absolute atomic E-state index is 0.00635. The van der Waals surface area contributed by atoms with Crippen LogP contribution in [0, 0.1) is 0 Å². The smallest absolute Gasteiger partial charge is 0.406 e. The molecule has 1 aliphatic rings. The lowest BCUT2D eigenvalue weighted by Gasteiger charge is -2.28. The number of ether oxygens (including phenoxy) is 1. The highest BCUT2D eigenvalue weighted by Crippen LogP contribution is 2.29. The van der Waals surface area contributed by atoms with Crippen LogP contribution in [0.1, 0.15) is 5.01 Å². The molecule has 0 radical (unpaired) electrons. The zero-order chi connectivity index (χ0) is 20.3. The molecule has 2 heterocycles. The number of likely N-dealkylation sites (N-methyl/N-ethyl adjacent to an activating group) is 1. The average molecular weight is 416 g/mol. The first-order valence-corrected chi connectivity index (χ1v) is 9.36. The van der Waals surface area contributed by atoms with Crippen molar-refractivity contribution in [1.29, 1.82) is 0 Å². The summed E-state index contributed by atoms with van der Waals surface area (Å²) in [4.78, 5) is 29.9. The van der Waals surface area contributed by atoms with Gasteiger partial charge in [0.2, 0.25) is 5.91 Å². The summed E-state index contributed by atoms with van der Waals surface area (Å²) < 4.78 is 41.3. The van der Waals surface area contributed by atoms with Crippen LogP contribution in [-0.4, -0.2) is 67.2 Å². The molecule has 1 aromatic carbocycles. The largest absolute Gasteiger partial charge is 0.573 e. The van der Waals surface area contributed by atoms with Crippen molar-refractivity contribution in [3.8, 4) is 5.75 Å². The number of rotatable bonds is 8. The lowest BCUT2D eigenvalue weighted by molar-refractivity contribution is -0.274. The van der Waals surface area contributed by atoms with E-state index in [9.17, 15) is 22.8 Å². The Labute approximate surface area is 162 Å². The molecule has 0 atom stereocenters. The molecule has 1 saturated heterocycles. The van der Waals surface area contributed by atoms with Crippen molar-refractivity contribution in [2.45, 2.75) is 18.8 Å². The molecule has 3 rings (SSSR count). The lowest BCUT2D eigenvalue weighted by atomic mass is 10.2. The molecule has 0 aliphatic carbocycles. The second-order valence-electron chi connectivity index (χ2n) is 6.49. The van der Waals surface area contributed by atoms with Gasteiger partial charge in [0.15, 0.2) is 5.78 Å². The van der Waals surface area contributed by atoms with Gasteiger partial charge in [-0.05, 0) is 18.2 Å². The van der Waals surface area contributed by atoms with Crippen molar-refractivity contribution in [1.82, 2.24) is 20.5 Å². The second-order valence-corrected chi connectivity index (χ2v) is 7.60. The maximum Gasteiger partial charge on any atom is 0.573 e. The Morgan fingerprint density at radius 1 is 1.39 bits per heavy atom. The van der Waals surface area contributed by atoms with Crippen LogP contribution in [-0.2, 0) is 16.0 Å². The highest BCUT2D eigenvalue weighted by atomic mass is 32.1. The molecule has 1 aromatic heterocycles. The SMILES string of the molecule is CN(CC(=O)Cc1nc2ccc(OC(F)(F)F)cc2s1)C(=O)CNC1CNC1.